The smallest absolute Gasteiger partial charge is 0.246 e. The summed E-state index contributed by atoms with van der Waals surface area (Å²) in [7, 11) is -3.46. The van der Waals surface area contributed by atoms with Crippen LogP contribution in [-0.4, -0.2) is 25.8 Å². The minimum Gasteiger partial charge on any atom is -0.464 e. The van der Waals surface area contributed by atoms with Gasteiger partial charge in [0.25, 0.3) is 0 Å². The molecule has 0 saturated carbocycles. The van der Waals surface area contributed by atoms with Crippen LogP contribution in [0, 0.1) is 6.92 Å². The van der Waals surface area contributed by atoms with Crippen LogP contribution in [0.25, 0.3) is 0 Å². The predicted octanol–water partition coefficient (Wildman–Crippen LogP) is 1.86. The van der Waals surface area contributed by atoms with Crippen LogP contribution in [0.5, 0.6) is 0 Å². The van der Waals surface area contributed by atoms with E-state index < -0.39 is 10.0 Å². The van der Waals surface area contributed by atoms with E-state index in [4.69, 9.17) is 10.2 Å². The summed E-state index contributed by atoms with van der Waals surface area (Å²) in [6.45, 7) is 6.84. The number of aryl methyl sites for hydroxylation is 1. The topological polar surface area (TPSA) is 76.5 Å². The van der Waals surface area contributed by atoms with Crippen molar-refractivity contribution in [3.63, 3.8) is 0 Å². The van der Waals surface area contributed by atoms with Crippen molar-refractivity contribution in [2.24, 2.45) is 5.73 Å². The lowest BCUT2D eigenvalue weighted by molar-refractivity contribution is 0.407. The first-order valence-corrected chi connectivity index (χ1v) is 7.70. The fraction of sp³-hybridized carbons (Fsp3) is 0.667. The van der Waals surface area contributed by atoms with Crippen molar-refractivity contribution in [2.75, 3.05) is 13.1 Å². The molecule has 1 heterocycles. The Kier molecular flexibility index (Phi) is 5.37. The highest BCUT2D eigenvalue weighted by atomic mass is 32.2. The van der Waals surface area contributed by atoms with Gasteiger partial charge < -0.3 is 10.2 Å². The molecule has 0 aliphatic rings. The average Bonchev–Trinajstić information content (AvgIpc) is 2.71. The first-order chi connectivity index (χ1) is 8.47. The Hall–Kier alpha value is -0.850. The van der Waals surface area contributed by atoms with Crippen LogP contribution in [0.1, 0.15) is 38.2 Å². The summed E-state index contributed by atoms with van der Waals surface area (Å²) >= 11 is 0. The Balaban J connectivity index is 3.12. The van der Waals surface area contributed by atoms with Gasteiger partial charge in [-0.05, 0) is 19.8 Å². The Morgan fingerprint density at radius 1 is 1.28 bits per heavy atom. The van der Waals surface area contributed by atoms with Gasteiger partial charge >= 0.3 is 0 Å². The number of nitrogens with two attached hydrogens (primary N) is 1. The lowest BCUT2D eigenvalue weighted by atomic mass is 10.4. The van der Waals surface area contributed by atoms with Crippen LogP contribution in [-0.2, 0) is 16.6 Å². The molecule has 18 heavy (non-hydrogen) atoms. The monoisotopic (exact) mass is 274 g/mol. The van der Waals surface area contributed by atoms with Gasteiger partial charge in [0.15, 0.2) is 0 Å². The van der Waals surface area contributed by atoms with E-state index in [1.165, 1.54) is 10.4 Å². The van der Waals surface area contributed by atoms with Gasteiger partial charge in [-0.15, -0.1) is 0 Å². The molecule has 0 amide bonds. The lowest BCUT2D eigenvalue weighted by Crippen LogP contribution is -2.32. The maximum atomic E-state index is 12.5. The standard InChI is InChI=1S/C12H22N2O3S/c1-4-6-14(7-5-2)18(15,16)12-8-11(9-13)17-10(12)3/h8H,4-7,9,13H2,1-3H3. The largest absolute Gasteiger partial charge is 0.464 e. The van der Waals surface area contributed by atoms with Gasteiger partial charge in [0.05, 0.1) is 6.54 Å². The summed E-state index contributed by atoms with van der Waals surface area (Å²) in [6.07, 6.45) is 1.58. The lowest BCUT2D eigenvalue weighted by Gasteiger charge is -2.20. The van der Waals surface area contributed by atoms with Crippen LogP contribution in [0.3, 0.4) is 0 Å². The van der Waals surface area contributed by atoms with Crippen LogP contribution in [0.2, 0.25) is 0 Å². The molecule has 0 atom stereocenters. The SMILES string of the molecule is CCCN(CCC)S(=O)(=O)c1cc(CN)oc1C. The van der Waals surface area contributed by atoms with Crippen LogP contribution in [0.4, 0.5) is 0 Å². The molecule has 0 radical (unpaired) electrons. The van der Waals surface area contributed by atoms with E-state index in [0.29, 0.717) is 24.6 Å². The molecule has 0 fully saturated rings. The summed E-state index contributed by atoms with van der Waals surface area (Å²) in [4.78, 5) is 0.241. The molecule has 104 valence electrons. The third-order valence-corrected chi connectivity index (χ3v) is 4.69. The van der Waals surface area contributed by atoms with Gasteiger partial charge in [-0.25, -0.2) is 8.42 Å². The highest BCUT2D eigenvalue weighted by molar-refractivity contribution is 7.89. The second-order valence-electron chi connectivity index (χ2n) is 4.24. The molecule has 5 nitrogen and oxygen atoms in total. The fourth-order valence-corrected chi connectivity index (χ4v) is 3.68. The predicted molar refractivity (Wildman–Crippen MR) is 70.7 cm³/mol. The number of hydrogen-bond acceptors (Lipinski definition) is 4. The molecule has 2 N–H and O–H groups in total. The van der Waals surface area contributed by atoms with Crippen LogP contribution >= 0.6 is 0 Å². The highest BCUT2D eigenvalue weighted by Crippen LogP contribution is 2.23. The molecular formula is C12H22N2O3S. The average molecular weight is 274 g/mol. The quantitative estimate of drug-likeness (QED) is 0.823. The molecule has 1 aromatic rings. The second kappa shape index (κ2) is 6.36. The maximum Gasteiger partial charge on any atom is 0.246 e. The summed E-state index contributed by atoms with van der Waals surface area (Å²) in [6, 6.07) is 1.53. The molecule has 0 aromatic carbocycles. The Labute approximate surface area is 109 Å². The number of rotatable bonds is 7. The van der Waals surface area contributed by atoms with Crippen molar-refractivity contribution in [2.45, 2.75) is 45.1 Å². The summed E-state index contributed by atoms with van der Waals surface area (Å²) < 4.78 is 31.8. The van der Waals surface area contributed by atoms with E-state index in [-0.39, 0.29) is 11.4 Å². The van der Waals surface area contributed by atoms with Crippen LogP contribution in [0.15, 0.2) is 15.4 Å². The van der Waals surface area contributed by atoms with Gasteiger partial charge in [0.1, 0.15) is 16.4 Å². The van der Waals surface area contributed by atoms with Gasteiger partial charge in [-0.3, -0.25) is 0 Å². The van der Waals surface area contributed by atoms with Crippen molar-refractivity contribution in [3.8, 4) is 0 Å². The molecule has 0 aliphatic heterocycles. The zero-order valence-corrected chi connectivity index (χ0v) is 12.1. The van der Waals surface area contributed by atoms with Gasteiger partial charge in [-0.1, -0.05) is 13.8 Å². The zero-order valence-electron chi connectivity index (χ0n) is 11.3. The van der Waals surface area contributed by atoms with Crippen molar-refractivity contribution < 1.29 is 12.8 Å². The van der Waals surface area contributed by atoms with E-state index in [1.54, 1.807) is 6.92 Å². The molecule has 0 saturated heterocycles. The number of sulfonamides is 1. The second-order valence-corrected chi connectivity index (χ2v) is 6.15. The van der Waals surface area contributed by atoms with Crippen molar-refractivity contribution in [3.05, 3.63) is 17.6 Å². The van der Waals surface area contributed by atoms with E-state index in [2.05, 4.69) is 0 Å². The molecule has 6 heteroatoms. The van der Waals surface area contributed by atoms with Gasteiger partial charge in [-0.2, -0.15) is 4.31 Å². The third-order valence-electron chi connectivity index (χ3n) is 2.69. The number of nitrogens with zero attached hydrogens (tertiary/aromatic N) is 1. The van der Waals surface area contributed by atoms with E-state index >= 15 is 0 Å². The Morgan fingerprint density at radius 3 is 2.22 bits per heavy atom. The Morgan fingerprint density at radius 2 is 1.83 bits per heavy atom. The Bertz CT molecular complexity index is 474. The molecule has 0 spiro atoms. The molecular weight excluding hydrogens is 252 g/mol. The molecule has 0 aliphatic carbocycles. The minimum absolute atomic E-state index is 0.206. The first kappa shape index (κ1) is 15.2. The van der Waals surface area contributed by atoms with Gasteiger partial charge in [0, 0.05) is 19.2 Å². The summed E-state index contributed by atoms with van der Waals surface area (Å²) in [5, 5.41) is 0. The maximum absolute atomic E-state index is 12.5. The van der Waals surface area contributed by atoms with E-state index in [0.717, 1.165) is 12.8 Å². The molecule has 1 aromatic heterocycles. The number of furan rings is 1. The highest BCUT2D eigenvalue weighted by Gasteiger charge is 2.27. The van der Waals surface area contributed by atoms with Crippen molar-refractivity contribution in [1.29, 1.82) is 0 Å². The van der Waals surface area contributed by atoms with E-state index in [1.807, 2.05) is 13.8 Å². The fourth-order valence-electron chi connectivity index (χ4n) is 1.87. The summed E-state index contributed by atoms with van der Waals surface area (Å²) in [5.74, 6) is 0.909. The molecule has 0 unspecified atom stereocenters. The normalized spacial score (nSPS) is 12.3. The first-order valence-electron chi connectivity index (χ1n) is 6.26. The third kappa shape index (κ3) is 3.13. The summed E-state index contributed by atoms with van der Waals surface area (Å²) in [5.41, 5.74) is 5.47. The van der Waals surface area contributed by atoms with Crippen molar-refractivity contribution in [1.82, 2.24) is 4.31 Å². The van der Waals surface area contributed by atoms with Gasteiger partial charge in [0.2, 0.25) is 10.0 Å². The van der Waals surface area contributed by atoms with Crippen LogP contribution < -0.4 is 5.73 Å². The minimum atomic E-state index is -3.46. The zero-order chi connectivity index (χ0) is 13.8. The molecule has 0 bridgehead atoms. The molecule has 1 rings (SSSR count). The van der Waals surface area contributed by atoms with Crippen molar-refractivity contribution >= 4 is 10.0 Å². The van der Waals surface area contributed by atoms with E-state index in [9.17, 15) is 8.42 Å². The number of hydrogen-bond donors (Lipinski definition) is 1.